The summed E-state index contributed by atoms with van der Waals surface area (Å²) < 4.78 is 0. The summed E-state index contributed by atoms with van der Waals surface area (Å²) in [4.78, 5) is 23.0. The first kappa shape index (κ1) is 16.6. The van der Waals surface area contributed by atoms with Crippen molar-refractivity contribution in [2.24, 2.45) is 0 Å². The number of carbonyl (C=O) groups excluding carboxylic acids is 1. The monoisotopic (exact) mass is 313 g/mol. The summed E-state index contributed by atoms with van der Waals surface area (Å²) in [5, 5.41) is 21.4. The molecule has 0 spiro atoms. The van der Waals surface area contributed by atoms with E-state index < -0.39 is 5.97 Å². The highest BCUT2D eigenvalue weighted by molar-refractivity contribution is 5.89. The Bertz CT molecular complexity index is 694. The Kier molecular flexibility index (Phi) is 5.81. The summed E-state index contributed by atoms with van der Waals surface area (Å²) in [6.45, 7) is 0. The van der Waals surface area contributed by atoms with Crippen molar-refractivity contribution in [3.8, 4) is 17.6 Å². The van der Waals surface area contributed by atoms with E-state index in [1.807, 2.05) is 0 Å². The van der Waals surface area contributed by atoms with Gasteiger partial charge in [-0.25, -0.2) is 4.79 Å². The highest BCUT2D eigenvalue weighted by Gasteiger charge is 2.19. The lowest BCUT2D eigenvalue weighted by atomic mass is 9.96. The Morgan fingerprint density at radius 2 is 1.91 bits per heavy atom. The quantitative estimate of drug-likeness (QED) is 0.746. The van der Waals surface area contributed by atoms with E-state index in [2.05, 4.69) is 17.2 Å². The number of aliphatic carboxylic acids is 1. The number of phenols is 1. The normalized spacial score (nSPS) is 13.9. The molecule has 1 aliphatic carbocycles. The number of amides is 1. The average Bonchev–Trinajstić information content (AvgIpc) is 2.53. The summed E-state index contributed by atoms with van der Waals surface area (Å²) in [7, 11) is 0. The Balaban J connectivity index is 1.89. The number of nitrogens with one attached hydrogen (secondary N) is 1. The minimum atomic E-state index is -0.959. The number of phenolic OH excluding ortho intramolecular Hbond substituents is 1. The number of rotatable bonds is 4. The van der Waals surface area contributed by atoms with Crippen molar-refractivity contribution in [3.05, 3.63) is 41.1 Å². The second kappa shape index (κ2) is 8.04. The van der Waals surface area contributed by atoms with E-state index in [0.717, 1.165) is 12.8 Å². The summed E-state index contributed by atoms with van der Waals surface area (Å²) >= 11 is 0. The van der Waals surface area contributed by atoms with Crippen LogP contribution in [0.4, 0.5) is 0 Å². The lowest BCUT2D eigenvalue weighted by molar-refractivity contribution is -0.133. The predicted octanol–water partition coefficient (Wildman–Crippen LogP) is 2.55. The third kappa shape index (κ3) is 4.89. The largest absolute Gasteiger partial charge is 0.507 e. The van der Waals surface area contributed by atoms with Crippen LogP contribution in [-0.2, 0) is 9.59 Å². The van der Waals surface area contributed by atoms with Gasteiger partial charge in [0.05, 0.1) is 11.1 Å². The van der Waals surface area contributed by atoms with Gasteiger partial charge in [0.25, 0.3) is 0 Å². The van der Waals surface area contributed by atoms with Crippen LogP contribution < -0.4 is 5.32 Å². The van der Waals surface area contributed by atoms with E-state index in [1.165, 1.54) is 0 Å². The van der Waals surface area contributed by atoms with E-state index in [9.17, 15) is 14.7 Å². The lowest BCUT2D eigenvalue weighted by Gasteiger charge is -2.18. The maximum absolute atomic E-state index is 11.9. The molecule has 1 aromatic rings. The van der Waals surface area contributed by atoms with E-state index in [4.69, 9.17) is 5.11 Å². The van der Waals surface area contributed by atoms with Gasteiger partial charge in [-0.15, -0.1) is 0 Å². The van der Waals surface area contributed by atoms with Crippen molar-refractivity contribution < 1.29 is 19.8 Å². The van der Waals surface area contributed by atoms with Gasteiger partial charge in [-0.1, -0.05) is 24.0 Å². The lowest BCUT2D eigenvalue weighted by Crippen LogP contribution is -2.26. The number of carboxylic acid groups (broad SMARTS) is 1. The van der Waals surface area contributed by atoms with Crippen LogP contribution >= 0.6 is 0 Å². The van der Waals surface area contributed by atoms with Crippen LogP contribution in [0.25, 0.3) is 0 Å². The van der Waals surface area contributed by atoms with Crippen molar-refractivity contribution in [1.82, 2.24) is 5.32 Å². The first-order valence-corrected chi connectivity index (χ1v) is 7.60. The molecule has 120 valence electrons. The summed E-state index contributed by atoms with van der Waals surface area (Å²) in [6.07, 6.45) is 3.36. The van der Waals surface area contributed by atoms with Crippen LogP contribution in [0.15, 0.2) is 35.5 Å². The molecule has 0 aliphatic heterocycles. The van der Waals surface area contributed by atoms with Crippen LogP contribution in [0.1, 0.15) is 44.1 Å². The fourth-order valence-corrected chi connectivity index (χ4v) is 2.42. The molecule has 0 atom stereocenters. The second-order valence-electron chi connectivity index (χ2n) is 5.34. The third-order valence-corrected chi connectivity index (χ3v) is 3.62. The second-order valence-corrected chi connectivity index (χ2v) is 5.34. The van der Waals surface area contributed by atoms with Crippen molar-refractivity contribution in [2.45, 2.75) is 38.5 Å². The molecule has 1 aliphatic rings. The molecule has 0 saturated carbocycles. The van der Waals surface area contributed by atoms with Gasteiger partial charge in [0.15, 0.2) is 0 Å². The highest BCUT2D eigenvalue weighted by Crippen LogP contribution is 2.23. The summed E-state index contributed by atoms with van der Waals surface area (Å²) in [5.74, 6) is 4.58. The Hall–Kier alpha value is -2.74. The average molecular weight is 313 g/mol. The number of benzene rings is 1. The Morgan fingerprint density at radius 3 is 2.65 bits per heavy atom. The molecular weight excluding hydrogens is 294 g/mol. The molecule has 2 rings (SSSR count). The van der Waals surface area contributed by atoms with Gasteiger partial charge < -0.3 is 15.5 Å². The molecule has 1 aromatic carbocycles. The summed E-state index contributed by atoms with van der Waals surface area (Å²) in [5.41, 5.74) is 1.36. The van der Waals surface area contributed by atoms with Gasteiger partial charge in [-0.3, -0.25) is 4.79 Å². The van der Waals surface area contributed by atoms with E-state index >= 15 is 0 Å². The number of carbonyl (C=O) groups is 2. The number of hydrogen-bond acceptors (Lipinski definition) is 3. The van der Waals surface area contributed by atoms with Crippen LogP contribution in [0.5, 0.6) is 5.75 Å². The number of allylic oxidation sites excluding steroid dienone is 1. The number of carboxylic acids is 1. The predicted molar refractivity (Wildman–Crippen MR) is 85.5 cm³/mol. The van der Waals surface area contributed by atoms with E-state index in [1.54, 1.807) is 24.3 Å². The topological polar surface area (TPSA) is 86.6 Å². The van der Waals surface area contributed by atoms with Crippen molar-refractivity contribution >= 4 is 11.9 Å². The van der Waals surface area contributed by atoms with Gasteiger partial charge in [0.1, 0.15) is 5.75 Å². The third-order valence-electron chi connectivity index (χ3n) is 3.62. The van der Waals surface area contributed by atoms with Gasteiger partial charge in [-0.2, -0.15) is 0 Å². The molecule has 0 fully saturated rings. The Labute approximate surface area is 135 Å². The smallest absolute Gasteiger partial charge is 0.333 e. The zero-order valence-corrected chi connectivity index (χ0v) is 12.8. The number of para-hydroxylation sites is 1. The highest BCUT2D eigenvalue weighted by atomic mass is 16.4. The fraction of sp³-hybridized carbons (Fsp3) is 0.333. The van der Waals surface area contributed by atoms with Gasteiger partial charge >= 0.3 is 5.97 Å². The zero-order chi connectivity index (χ0) is 16.7. The standard InChI is InChI=1S/C18H19NO4/c20-16-11-5-1-7-13(16)8-2-6-12-17(21)19-15-10-4-3-9-14(15)18(22)23/h1,5,7,11,20H,3-4,6,9-10,12H2,(H,19,21)(H,22,23). The first-order chi connectivity index (χ1) is 11.1. The number of aromatic hydroxyl groups is 1. The maximum atomic E-state index is 11.9. The molecule has 0 aromatic heterocycles. The molecule has 5 heteroatoms. The molecule has 23 heavy (non-hydrogen) atoms. The van der Waals surface area contributed by atoms with Crippen LogP contribution in [0.3, 0.4) is 0 Å². The molecule has 3 N–H and O–H groups in total. The molecule has 0 bridgehead atoms. The molecule has 0 unspecified atom stereocenters. The van der Waals surface area contributed by atoms with Gasteiger partial charge in [0, 0.05) is 18.5 Å². The van der Waals surface area contributed by atoms with Crippen LogP contribution in [0.2, 0.25) is 0 Å². The molecule has 0 radical (unpaired) electrons. The fourth-order valence-electron chi connectivity index (χ4n) is 2.42. The van der Waals surface area contributed by atoms with Crippen molar-refractivity contribution in [3.63, 3.8) is 0 Å². The molecule has 5 nitrogen and oxygen atoms in total. The maximum Gasteiger partial charge on any atom is 0.333 e. The van der Waals surface area contributed by atoms with Crippen LogP contribution in [0, 0.1) is 11.8 Å². The minimum Gasteiger partial charge on any atom is -0.507 e. The van der Waals surface area contributed by atoms with E-state index in [-0.39, 0.29) is 18.1 Å². The van der Waals surface area contributed by atoms with E-state index in [0.29, 0.717) is 36.1 Å². The van der Waals surface area contributed by atoms with Crippen LogP contribution in [-0.4, -0.2) is 22.1 Å². The minimum absolute atomic E-state index is 0.114. The Morgan fingerprint density at radius 1 is 1.17 bits per heavy atom. The van der Waals surface area contributed by atoms with Crippen molar-refractivity contribution in [1.29, 1.82) is 0 Å². The zero-order valence-electron chi connectivity index (χ0n) is 12.8. The summed E-state index contributed by atoms with van der Waals surface area (Å²) in [6, 6.07) is 6.75. The van der Waals surface area contributed by atoms with Gasteiger partial charge in [-0.05, 0) is 37.8 Å². The number of hydrogen-bond donors (Lipinski definition) is 3. The van der Waals surface area contributed by atoms with Crippen molar-refractivity contribution in [2.75, 3.05) is 0 Å². The first-order valence-electron chi connectivity index (χ1n) is 7.60. The molecule has 0 saturated heterocycles. The molecular formula is C18H19NO4. The molecule has 0 heterocycles. The van der Waals surface area contributed by atoms with Gasteiger partial charge in [0.2, 0.25) is 5.91 Å². The molecule has 1 amide bonds. The SMILES string of the molecule is O=C(CCC#Cc1ccccc1O)NC1=C(C(=O)O)CCCC1.